The van der Waals surface area contributed by atoms with Crippen LogP contribution in [-0.4, -0.2) is 35.7 Å². The highest BCUT2D eigenvalue weighted by molar-refractivity contribution is 6.31. The average molecular weight is 676 g/mol. The maximum absolute atomic E-state index is 12.1. The number of ether oxygens (including phenoxy) is 2. The molecule has 6 nitrogen and oxygen atoms in total. The Morgan fingerprint density at radius 3 is 1.81 bits per heavy atom. The van der Waals surface area contributed by atoms with Gasteiger partial charge in [-0.25, -0.2) is 9.59 Å². The van der Waals surface area contributed by atoms with Gasteiger partial charge < -0.3 is 19.0 Å². The van der Waals surface area contributed by atoms with Crippen LogP contribution in [0.1, 0.15) is 43.0 Å². The number of nitrogens with zero attached hydrogens (tertiary/aromatic N) is 1. The molecule has 7 aromatic rings. The molecule has 0 aliphatic heterocycles. The zero-order valence-electron chi connectivity index (χ0n) is 26.4. The van der Waals surface area contributed by atoms with Crippen LogP contribution in [0.4, 0.5) is 0 Å². The van der Waals surface area contributed by atoms with Crippen molar-refractivity contribution in [2.75, 3.05) is 14.2 Å². The topological polar surface area (TPSA) is 73.3 Å². The summed E-state index contributed by atoms with van der Waals surface area (Å²) in [5, 5.41) is 3.36. The lowest BCUT2D eigenvalue weighted by molar-refractivity contribution is 0.0590. The van der Waals surface area contributed by atoms with Crippen LogP contribution in [0, 0.1) is 0 Å². The summed E-state index contributed by atoms with van der Waals surface area (Å²) in [6, 6.07) is 37.4. The molecule has 0 amide bonds. The molecule has 0 aliphatic rings. The molecule has 0 radical (unpaired) electrons. The maximum Gasteiger partial charge on any atom is 0.338 e. The number of aromatic amines is 1. The summed E-state index contributed by atoms with van der Waals surface area (Å²) in [6.07, 6.45) is 5.26. The normalized spacial score (nSPS) is 10.8. The van der Waals surface area contributed by atoms with Crippen LogP contribution in [0.3, 0.4) is 0 Å². The summed E-state index contributed by atoms with van der Waals surface area (Å²) < 4.78 is 11.9. The number of methoxy groups -OCH3 is 2. The molecule has 0 fully saturated rings. The van der Waals surface area contributed by atoms with Gasteiger partial charge in [-0.3, -0.25) is 0 Å². The molecule has 2 heterocycles. The molecule has 240 valence electrons. The summed E-state index contributed by atoms with van der Waals surface area (Å²) in [5.74, 6) is -0.740. The van der Waals surface area contributed by atoms with Crippen molar-refractivity contribution in [3.05, 3.63) is 171 Å². The minimum atomic E-state index is -0.374. The van der Waals surface area contributed by atoms with E-state index in [2.05, 4.69) is 52.1 Å². The molecule has 48 heavy (non-hydrogen) atoms. The van der Waals surface area contributed by atoms with Crippen molar-refractivity contribution in [1.82, 2.24) is 9.55 Å². The first-order valence-corrected chi connectivity index (χ1v) is 16.0. The van der Waals surface area contributed by atoms with Gasteiger partial charge >= 0.3 is 11.9 Å². The van der Waals surface area contributed by atoms with E-state index in [9.17, 15) is 9.59 Å². The summed E-state index contributed by atoms with van der Waals surface area (Å²) >= 11 is 12.1. The lowest BCUT2D eigenvalue weighted by Gasteiger charge is -2.11. The Labute approximate surface area is 288 Å². The first kappa shape index (κ1) is 32.6. The molecule has 0 atom stereocenters. The third-order valence-corrected chi connectivity index (χ3v) is 8.73. The van der Waals surface area contributed by atoms with Gasteiger partial charge in [-0.2, -0.15) is 0 Å². The van der Waals surface area contributed by atoms with Crippen molar-refractivity contribution in [2.24, 2.45) is 0 Å². The fourth-order valence-corrected chi connectivity index (χ4v) is 6.26. The van der Waals surface area contributed by atoms with Gasteiger partial charge in [0.1, 0.15) is 0 Å². The number of carbonyl (C=O) groups excluding carboxylic acids is 2. The number of rotatable bonds is 7. The number of aromatic nitrogens is 2. The van der Waals surface area contributed by atoms with Gasteiger partial charge in [0.25, 0.3) is 0 Å². The predicted octanol–water partition coefficient (Wildman–Crippen LogP) is 9.86. The van der Waals surface area contributed by atoms with E-state index in [0.717, 1.165) is 49.7 Å². The molecule has 2 aromatic heterocycles. The molecular formula is C40H32Cl2N2O4. The quantitative estimate of drug-likeness (QED) is 0.171. The number of hydrogen-bond donors (Lipinski definition) is 1. The first-order valence-electron chi connectivity index (χ1n) is 15.3. The lowest BCUT2D eigenvalue weighted by Crippen LogP contribution is -2.06. The van der Waals surface area contributed by atoms with Gasteiger partial charge in [0, 0.05) is 44.4 Å². The highest BCUT2D eigenvalue weighted by atomic mass is 35.5. The Bertz CT molecular complexity index is 2240. The number of benzene rings is 5. The minimum absolute atomic E-state index is 0.367. The van der Waals surface area contributed by atoms with Gasteiger partial charge in [0.15, 0.2) is 0 Å². The minimum Gasteiger partial charge on any atom is -0.465 e. The molecule has 7 rings (SSSR count). The maximum atomic E-state index is 12.1. The highest BCUT2D eigenvalue weighted by Crippen LogP contribution is 2.28. The van der Waals surface area contributed by atoms with Crippen LogP contribution in [0.2, 0.25) is 10.0 Å². The van der Waals surface area contributed by atoms with Crippen LogP contribution < -0.4 is 0 Å². The van der Waals surface area contributed by atoms with E-state index in [-0.39, 0.29) is 11.9 Å². The zero-order chi connectivity index (χ0) is 33.6. The summed E-state index contributed by atoms with van der Waals surface area (Å²) in [5.41, 5.74) is 8.45. The Hall–Kier alpha value is -5.30. The van der Waals surface area contributed by atoms with E-state index in [1.54, 1.807) is 24.3 Å². The molecule has 0 unspecified atom stereocenters. The molecule has 0 spiro atoms. The van der Waals surface area contributed by atoms with E-state index in [1.165, 1.54) is 14.2 Å². The summed E-state index contributed by atoms with van der Waals surface area (Å²) in [4.78, 5) is 27.2. The highest BCUT2D eigenvalue weighted by Gasteiger charge is 2.16. The van der Waals surface area contributed by atoms with Crippen LogP contribution in [0.25, 0.3) is 27.5 Å². The molecule has 8 heteroatoms. The molecule has 0 bridgehead atoms. The van der Waals surface area contributed by atoms with E-state index in [0.29, 0.717) is 34.0 Å². The number of nitrogens with one attached hydrogen (secondary N) is 1. The molecule has 0 saturated carbocycles. The smallest absolute Gasteiger partial charge is 0.338 e. The van der Waals surface area contributed by atoms with E-state index < -0.39 is 0 Å². The summed E-state index contributed by atoms with van der Waals surface area (Å²) in [6.45, 7) is 0. The lowest BCUT2D eigenvalue weighted by atomic mass is 9.97. The number of carbonyl (C=O) groups is 2. The molecule has 0 saturated heterocycles. The molecule has 5 aromatic carbocycles. The second kappa shape index (κ2) is 14.6. The van der Waals surface area contributed by atoms with Crippen molar-refractivity contribution in [1.29, 1.82) is 0 Å². The molecule has 1 N–H and O–H groups in total. The van der Waals surface area contributed by atoms with Crippen LogP contribution in [0.5, 0.6) is 0 Å². The Balaban J connectivity index is 0.000000173. The number of hydrogen-bond acceptors (Lipinski definition) is 4. The Morgan fingerprint density at radius 1 is 0.625 bits per heavy atom. The van der Waals surface area contributed by atoms with Gasteiger partial charge in [0.2, 0.25) is 0 Å². The number of H-pyrrole nitrogens is 1. The third kappa shape index (κ3) is 7.00. The van der Waals surface area contributed by atoms with Crippen molar-refractivity contribution in [3.63, 3.8) is 0 Å². The first-order chi connectivity index (χ1) is 23.4. The predicted molar refractivity (Wildman–Crippen MR) is 193 cm³/mol. The van der Waals surface area contributed by atoms with Crippen LogP contribution in [0.15, 0.2) is 128 Å². The molecular weight excluding hydrogens is 643 g/mol. The fraction of sp³-hybridized carbons (Fsp3) is 0.100. The Morgan fingerprint density at radius 2 is 1.21 bits per heavy atom. The fourth-order valence-electron chi connectivity index (χ4n) is 5.92. The van der Waals surface area contributed by atoms with Gasteiger partial charge in [-0.05, 0) is 95.8 Å². The number of halogens is 2. The van der Waals surface area contributed by atoms with E-state index in [1.807, 2.05) is 60.8 Å². The standard InChI is InChI=1S/C23H18ClNO2.C17H14ClNO2/c1-27-23(26)21-15-18(24)11-10-17(21)14-16-6-5-9-22-20(16)12-13-25(22)19-7-3-2-4-8-19;1-21-17(20)15-10-13(18)6-5-12(15)9-11-3-2-4-16-14(11)7-8-19-16/h2-13,15H,14H2,1H3;2-8,10,19H,9H2,1H3. The van der Waals surface area contributed by atoms with Gasteiger partial charge in [-0.1, -0.05) is 77.8 Å². The van der Waals surface area contributed by atoms with Crippen molar-refractivity contribution < 1.29 is 19.1 Å². The van der Waals surface area contributed by atoms with Crippen LogP contribution in [-0.2, 0) is 22.3 Å². The number of fused-ring (bicyclic) bond motifs is 2. The van der Waals surface area contributed by atoms with Crippen LogP contribution >= 0.6 is 23.2 Å². The zero-order valence-corrected chi connectivity index (χ0v) is 27.9. The summed E-state index contributed by atoms with van der Waals surface area (Å²) in [7, 11) is 2.76. The second-order valence-electron chi connectivity index (χ2n) is 11.2. The number of para-hydroxylation sites is 1. The van der Waals surface area contributed by atoms with E-state index >= 15 is 0 Å². The van der Waals surface area contributed by atoms with Gasteiger partial charge in [-0.15, -0.1) is 0 Å². The number of esters is 2. The van der Waals surface area contributed by atoms with E-state index in [4.69, 9.17) is 32.7 Å². The third-order valence-electron chi connectivity index (χ3n) is 8.26. The molecule has 0 aliphatic carbocycles. The SMILES string of the molecule is COC(=O)c1cc(Cl)ccc1Cc1cccc2[nH]ccc12.COC(=O)c1cc(Cl)ccc1Cc1cccc2c1ccn2-c1ccccc1. The monoisotopic (exact) mass is 674 g/mol. The van der Waals surface area contributed by atoms with Crippen molar-refractivity contribution in [3.8, 4) is 5.69 Å². The van der Waals surface area contributed by atoms with Crippen molar-refractivity contribution in [2.45, 2.75) is 12.8 Å². The largest absolute Gasteiger partial charge is 0.465 e. The van der Waals surface area contributed by atoms with Crippen molar-refractivity contribution >= 4 is 56.9 Å². The van der Waals surface area contributed by atoms with Gasteiger partial charge in [0.05, 0.1) is 30.9 Å². The second-order valence-corrected chi connectivity index (χ2v) is 12.0. The average Bonchev–Trinajstić information content (AvgIpc) is 3.79. The Kier molecular flexibility index (Phi) is 9.95.